The summed E-state index contributed by atoms with van der Waals surface area (Å²) in [6.45, 7) is 0. The number of aromatic amines is 1. The summed E-state index contributed by atoms with van der Waals surface area (Å²) < 4.78 is 52.1. The minimum atomic E-state index is -4.33. The average Bonchev–Trinajstić information content (AvgIpc) is 2.87. The van der Waals surface area contributed by atoms with Crippen LogP contribution in [-0.2, 0) is 0 Å². The summed E-state index contributed by atoms with van der Waals surface area (Å²) in [6.07, 6.45) is -3.95. The lowest BCUT2D eigenvalue weighted by molar-refractivity contribution is -0.122. The zero-order valence-corrected chi connectivity index (χ0v) is 11.9. The third kappa shape index (κ3) is 3.59. The monoisotopic (exact) mass is 320 g/mol. The van der Waals surface area contributed by atoms with E-state index in [1.807, 2.05) is 0 Å². The molecule has 0 amide bonds. The maximum atomic E-state index is 13.5. The molecule has 3 rings (SSSR count). The SMILES string of the molecule is Fc1n[nH]c2ccc(/C=C(/CC(F)(F)F)c3ccccc3)cc12. The molecule has 23 heavy (non-hydrogen) atoms. The van der Waals surface area contributed by atoms with Crippen molar-refractivity contribution in [3.05, 3.63) is 65.6 Å². The molecule has 0 aliphatic rings. The zero-order valence-electron chi connectivity index (χ0n) is 11.9. The van der Waals surface area contributed by atoms with Gasteiger partial charge in [0.05, 0.1) is 17.3 Å². The summed E-state index contributed by atoms with van der Waals surface area (Å²) in [5.41, 5.74) is 1.59. The van der Waals surface area contributed by atoms with Crippen LogP contribution in [0.4, 0.5) is 17.6 Å². The van der Waals surface area contributed by atoms with Gasteiger partial charge in [0.15, 0.2) is 0 Å². The average molecular weight is 320 g/mol. The van der Waals surface area contributed by atoms with Crippen molar-refractivity contribution in [2.45, 2.75) is 12.6 Å². The van der Waals surface area contributed by atoms with Crippen molar-refractivity contribution < 1.29 is 17.6 Å². The third-order valence-electron chi connectivity index (χ3n) is 3.42. The number of aromatic nitrogens is 2. The topological polar surface area (TPSA) is 28.7 Å². The Kier molecular flexibility index (Phi) is 3.90. The molecule has 0 aliphatic carbocycles. The second kappa shape index (κ2) is 5.87. The molecule has 118 valence electrons. The molecule has 0 saturated heterocycles. The van der Waals surface area contributed by atoms with Gasteiger partial charge in [-0.3, -0.25) is 5.10 Å². The molecule has 0 atom stereocenters. The molecule has 0 saturated carbocycles. The van der Waals surface area contributed by atoms with Crippen LogP contribution >= 0.6 is 0 Å². The van der Waals surface area contributed by atoms with Crippen LogP contribution in [0.15, 0.2) is 48.5 Å². The Labute approximate surface area is 129 Å². The smallest absolute Gasteiger partial charge is 0.275 e. The Morgan fingerprint density at radius 3 is 2.52 bits per heavy atom. The summed E-state index contributed by atoms with van der Waals surface area (Å²) in [5, 5.41) is 6.20. The van der Waals surface area contributed by atoms with E-state index in [4.69, 9.17) is 0 Å². The lowest BCUT2D eigenvalue weighted by atomic mass is 9.99. The summed E-state index contributed by atoms with van der Waals surface area (Å²) in [6, 6.07) is 13.0. The van der Waals surface area contributed by atoms with E-state index in [0.717, 1.165) is 0 Å². The highest BCUT2D eigenvalue weighted by Crippen LogP contribution is 2.32. The van der Waals surface area contributed by atoms with Crippen molar-refractivity contribution >= 4 is 22.6 Å². The number of H-pyrrole nitrogens is 1. The van der Waals surface area contributed by atoms with Gasteiger partial charge in [0.2, 0.25) is 5.95 Å². The van der Waals surface area contributed by atoms with Gasteiger partial charge < -0.3 is 0 Å². The van der Waals surface area contributed by atoms with E-state index < -0.39 is 18.5 Å². The highest BCUT2D eigenvalue weighted by molar-refractivity contribution is 5.87. The van der Waals surface area contributed by atoms with Crippen molar-refractivity contribution in [3.8, 4) is 0 Å². The Morgan fingerprint density at radius 2 is 1.83 bits per heavy atom. The van der Waals surface area contributed by atoms with E-state index in [2.05, 4.69) is 10.2 Å². The number of nitrogens with one attached hydrogen (secondary N) is 1. The van der Waals surface area contributed by atoms with Gasteiger partial charge in [-0.05, 0) is 28.8 Å². The number of rotatable bonds is 3. The molecule has 0 bridgehead atoms. The first-order valence-corrected chi connectivity index (χ1v) is 6.89. The quantitative estimate of drug-likeness (QED) is 0.522. The molecular formula is C17H12F4N2. The second-order valence-corrected chi connectivity index (χ2v) is 5.15. The minimum absolute atomic E-state index is 0.126. The fourth-order valence-corrected chi connectivity index (χ4v) is 2.40. The molecular weight excluding hydrogens is 308 g/mol. The highest BCUT2D eigenvalue weighted by atomic mass is 19.4. The third-order valence-corrected chi connectivity index (χ3v) is 3.42. The van der Waals surface area contributed by atoms with E-state index >= 15 is 0 Å². The van der Waals surface area contributed by atoms with Gasteiger partial charge >= 0.3 is 6.18 Å². The van der Waals surface area contributed by atoms with Crippen LogP contribution in [-0.4, -0.2) is 16.4 Å². The zero-order chi connectivity index (χ0) is 16.4. The number of allylic oxidation sites excluding steroid dienone is 1. The minimum Gasteiger partial charge on any atom is -0.275 e. The Hall–Kier alpha value is -2.63. The van der Waals surface area contributed by atoms with E-state index in [0.29, 0.717) is 16.6 Å². The van der Waals surface area contributed by atoms with Crippen LogP contribution in [0.3, 0.4) is 0 Å². The van der Waals surface area contributed by atoms with Crippen LogP contribution in [0.5, 0.6) is 0 Å². The molecule has 1 N–H and O–H groups in total. The predicted molar refractivity (Wildman–Crippen MR) is 81.0 cm³/mol. The molecule has 0 unspecified atom stereocenters. The molecule has 2 nitrogen and oxygen atoms in total. The summed E-state index contributed by atoms with van der Waals surface area (Å²) >= 11 is 0. The largest absolute Gasteiger partial charge is 0.393 e. The Bertz CT molecular complexity index is 848. The highest BCUT2D eigenvalue weighted by Gasteiger charge is 2.29. The predicted octanol–water partition coefficient (Wildman–Crippen LogP) is 5.20. The fraction of sp³-hybridized carbons (Fsp3) is 0.118. The first-order valence-electron chi connectivity index (χ1n) is 6.89. The van der Waals surface area contributed by atoms with Crippen LogP contribution < -0.4 is 0 Å². The first-order chi connectivity index (χ1) is 10.9. The molecule has 2 aromatic carbocycles. The number of hydrogen-bond donors (Lipinski definition) is 1. The summed E-state index contributed by atoms with van der Waals surface area (Å²) in [4.78, 5) is 0. The van der Waals surface area contributed by atoms with Crippen molar-refractivity contribution in [2.75, 3.05) is 0 Å². The standard InChI is InChI=1S/C17H12F4N2/c18-16-14-9-11(6-7-15(14)22-23-16)8-13(10-17(19,20)21)12-4-2-1-3-5-12/h1-9H,10H2,(H,22,23)/b13-8-. The second-order valence-electron chi connectivity index (χ2n) is 5.15. The van der Waals surface area contributed by atoms with Crippen LogP contribution in [0.1, 0.15) is 17.5 Å². The molecule has 0 spiro atoms. The molecule has 6 heteroatoms. The Morgan fingerprint density at radius 1 is 1.09 bits per heavy atom. The molecule has 3 aromatic rings. The molecule has 1 heterocycles. The molecule has 0 fully saturated rings. The number of halogens is 4. The van der Waals surface area contributed by atoms with Crippen LogP contribution in [0.25, 0.3) is 22.6 Å². The lowest BCUT2D eigenvalue weighted by Gasteiger charge is -2.11. The van der Waals surface area contributed by atoms with Crippen molar-refractivity contribution in [3.63, 3.8) is 0 Å². The maximum absolute atomic E-state index is 13.5. The molecule has 0 radical (unpaired) electrons. The normalized spacial score (nSPS) is 12.8. The lowest BCUT2D eigenvalue weighted by Crippen LogP contribution is -2.08. The van der Waals surface area contributed by atoms with Crippen LogP contribution in [0, 0.1) is 5.95 Å². The summed E-state index contributed by atoms with van der Waals surface area (Å²) in [7, 11) is 0. The van der Waals surface area contributed by atoms with Gasteiger partial charge in [-0.2, -0.15) is 17.6 Å². The van der Waals surface area contributed by atoms with E-state index in [-0.39, 0.29) is 11.0 Å². The van der Waals surface area contributed by atoms with E-state index in [9.17, 15) is 17.6 Å². The maximum Gasteiger partial charge on any atom is 0.393 e. The first kappa shape index (κ1) is 15.3. The van der Waals surface area contributed by atoms with Gasteiger partial charge in [-0.1, -0.05) is 42.5 Å². The van der Waals surface area contributed by atoms with Gasteiger partial charge in [0, 0.05) is 0 Å². The molecule has 0 aliphatic heterocycles. The van der Waals surface area contributed by atoms with Crippen molar-refractivity contribution in [1.82, 2.24) is 10.2 Å². The number of fused-ring (bicyclic) bond motifs is 1. The van der Waals surface area contributed by atoms with Crippen molar-refractivity contribution in [1.29, 1.82) is 0 Å². The number of hydrogen-bond acceptors (Lipinski definition) is 1. The summed E-state index contributed by atoms with van der Waals surface area (Å²) in [5.74, 6) is -0.674. The van der Waals surface area contributed by atoms with E-state index in [1.165, 1.54) is 12.1 Å². The number of alkyl halides is 3. The van der Waals surface area contributed by atoms with Crippen molar-refractivity contribution in [2.24, 2.45) is 0 Å². The van der Waals surface area contributed by atoms with Gasteiger partial charge in [0.25, 0.3) is 0 Å². The Balaban J connectivity index is 2.06. The fourth-order valence-electron chi connectivity index (χ4n) is 2.40. The number of benzene rings is 2. The van der Waals surface area contributed by atoms with Gasteiger partial charge in [0.1, 0.15) is 0 Å². The number of nitrogens with zero attached hydrogens (tertiary/aromatic N) is 1. The molecule has 1 aromatic heterocycles. The van der Waals surface area contributed by atoms with Gasteiger partial charge in [-0.15, -0.1) is 5.10 Å². The van der Waals surface area contributed by atoms with Gasteiger partial charge in [-0.25, -0.2) is 0 Å². The van der Waals surface area contributed by atoms with E-state index in [1.54, 1.807) is 42.5 Å². The van der Waals surface area contributed by atoms with Crippen LogP contribution in [0.2, 0.25) is 0 Å².